The van der Waals surface area contributed by atoms with E-state index in [2.05, 4.69) is 4.90 Å². The highest BCUT2D eigenvalue weighted by Crippen LogP contribution is 2.52. The lowest BCUT2D eigenvalue weighted by Crippen LogP contribution is -2.26. The normalized spacial score (nSPS) is 21.1. The number of carbonyl (C=O) groups excluding carboxylic acids is 2. The lowest BCUT2D eigenvalue weighted by molar-refractivity contribution is 0.0693. The van der Waals surface area contributed by atoms with Gasteiger partial charge in [0, 0.05) is 34.5 Å². The van der Waals surface area contributed by atoms with Crippen molar-refractivity contribution >= 4 is 35.0 Å². The summed E-state index contributed by atoms with van der Waals surface area (Å²) in [5.74, 6) is -2.62. The number of allylic oxidation sites excluding steroid dienone is 1. The van der Waals surface area contributed by atoms with Gasteiger partial charge < -0.3 is 20.2 Å². The van der Waals surface area contributed by atoms with Crippen molar-refractivity contribution in [3.05, 3.63) is 93.6 Å². The highest BCUT2D eigenvalue weighted by atomic mass is 16.4. The molecule has 1 heterocycles. The fraction of sp³-hybridized carbons (Fsp3) is 0.207. The van der Waals surface area contributed by atoms with Gasteiger partial charge in [-0.15, -0.1) is 0 Å². The molecule has 1 saturated carbocycles. The van der Waals surface area contributed by atoms with Gasteiger partial charge in [-0.25, -0.2) is 4.79 Å². The molecular formula is C29H23NO6. The molecule has 7 heteroatoms. The summed E-state index contributed by atoms with van der Waals surface area (Å²) in [5.41, 5.74) is 4.50. The van der Waals surface area contributed by atoms with E-state index in [9.17, 15) is 29.7 Å². The molecule has 180 valence electrons. The van der Waals surface area contributed by atoms with Crippen LogP contribution in [-0.4, -0.2) is 38.9 Å². The Hall–Kier alpha value is -4.23. The second-order valence-electron chi connectivity index (χ2n) is 9.55. The number of Topliss-reactive ketones (excluding diaryl/α,β-unsaturated/α-hetero) is 2. The number of phenols is 1. The predicted octanol–water partition coefficient (Wildman–Crippen LogP) is 4.83. The highest BCUT2D eigenvalue weighted by molar-refractivity contribution is 6.41. The van der Waals surface area contributed by atoms with E-state index in [-0.39, 0.29) is 23.3 Å². The van der Waals surface area contributed by atoms with Crippen molar-refractivity contribution in [2.45, 2.75) is 37.8 Å². The molecule has 3 N–H and O–H groups in total. The highest BCUT2D eigenvalue weighted by Gasteiger charge is 2.42. The lowest BCUT2D eigenvalue weighted by atomic mass is 9.95. The molecule has 3 aromatic rings. The Bertz CT molecular complexity index is 1490. The molecule has 0 bridgehead atoms. The third-order valence-electron chi connectivity index (χ3n) is 7.57. The Labute approximate surface area is 206 Å². The number of carbonyl (C=O) groups is 3. The minimum absolute atomic E-state index is 0.000502. The molecule has 7 nitrogen and oxygen atoms in total. The van der Waals surface area contributed by atoms with E-state index in [0.717, 1.165) is 53.9 Å². The number of anilines is 2. The molecule has 0 spiro atoms. The predicted molar refractivity (Wildman–Crippen MR) is 133 cm³/mol. The minimum Gasteiger partial charge on any atom is -0.507 e. The van der Waals surface area contributed by atoms with Crippen LogP contribution in [0.5, 0.6) is 5.75 Å². The Morgan fingerprint density at radius 1 is 0.972 bits per heavy atom. The van der Waals surface area contributed by atoms with Crippen LogP contribution in [0, 0.1) is 0 Å². The van der Waals surface area contributed by atoms with Gasteiger partial charge in [0.05, 0.1) is 12.2 Å². The van der Waals surface area contributed by atoms with E-state index in [4.69, 9.17) is 0 Å². The number of aromatic carboxylic acids is 1. The summed E-state index contributed by atoms with van der Waals surface area (Å²) in [7, 11) is 0. The van der Waals surface area contributed by atoms with E-state index in [1.807, 2.05) is 42.5 Å². The van der Waals surface area contributed by atoms with E-state index in [1.165, 1.54) is 5.56 Å². The molecule has 1 aliphatic heterocycles. The molecule has 6 rings (SSSR count). The molecule has 3 aromatic carbocycles. The smallest absolute Gasteiger partial charge is 0.339 e. The van der Waals surface area contributed by atoms with Gasteiger partial charge in [0.2, 0.25) is 0 Å². The second-order valence-corrected chi connectivity index (χ2v) is 9.55. The van der Waals surface area contributed by atoms with E-state index in [1.54, 1.807) is 6.08 Å². The first kappa shape index (κ1) is 22.2. The largest absolute Gasteiger partial charge is 0.507 e. The topological polar surface area (TPSA) is 115 Å². The van der Waals surface area contributed by atoms with E-state index < -0.39 is 28.8 Å². The first-order chi connectivity index (χ1) is 17.4. The van der Waals surface area contributed by atoms with Gasteiger partial charge in [0.1, 0.15) is 11.3 Å². The average molecular weight is 482 g/mol. The number of carboxylic acids is 1. The monoisotopic (exact) mass is 481 g/mol. The van der Waals surface area contributed by atoms with Gasteiger partial charge in [0.15, 0.2) is 11.6 Å². The Kier molecular flexibility index (Phi) is 5.05. The third kappa shape index (κ3) is 3.27. The Morgan fingerprint density at radius 3 is 2.39 bits per heavy atom. The van der Waals surface area contributed by atoms with Crippen molar-refractivity contribution in [1.29, 1.82) is 0 Å². The number of aliphatic hydroxyl groups excluding tert-OH is 1. The minimum atomic E-state index is -1.37. The van der Waals surface area contributed by atoms with Gasteiger partial charge in [-0.3, -0.25) is 9.59 Å². The van der Waals surface area contributed by atoms with Crippen LogP contribution in [0.15, 0.2) is 60.2 Å². The van der Waals surface area contributed by atoms with Crippen molar-refractivity contribution in [1.82, 2.24) is 0 Å². The second kappa shape index (κ2) is 8.17. The zero-order valence-corrected chi connectivity index (χ0v) is 19.3. The number of fused-ring (bicyclic) bond motifs is 4. The number of ketones is 2. The average Bonchev–Trinajstić information content (AvgIpc) is 3.52. The van der Waals surface area contributed by atoms with E-state index in [0.29, 0.717) is 12.0 Å². The van der Waals surface area contributed by atoms with Gasteiger partial charge >= 0.3 is 5.97 Å². The Balaban J connectivity index is 1.38. The molecule has 1 fully saturated rings. The number of aliphatic hydroxyl groups is 1. The van der Waals surface area contributed by atoms with Crippen LogP contribution >= 0.6 is 0 Å². The van der Waals surface area contributed by atoms with Gasteiger partial charge in [0.25, 0.3) is 0 Å². The molecule has 0 amide bonds. The van der Waals surface area contributed by atoms with Crippen LogP contribution in [0.2, 0.25) is 0 Å². The quantitative estimate of drug-likeness (QED) is 0.361. The maximum absolute atomic E-state index is 13.0. The van der Waals surface area contributed by atoms with Crippen LogP contribution in [0.4, 0.5) is 11.4 Å². The standard InChI is InChI=1S/C29H23NO6/c31-14-15-4-7-17(8-5-15)30-24-3-1-2-18(24)19-10-16(6-9-25(19)30)11-23-27(33)20-12-22(29(35)36)26(32)13-21(20)28(23)34/h4-13,18,24,31-32H,1-3,14H2,(H,35,36). The van der Waals surface area contributed by atoms with Gasteiger partial charge in [-0.2, -0.15) is 0 Å². The van der Waals surface area contributed by atoms with Crippen LogP contribution in [-0.2, 0) is 6.61 Å². The summed E-state index contributed by atoms with van der Waals surface area (Å²) in [5, 5.41) is 28.6. The molecule has 3 aliphatic rings. The van der Waals surface area contributed by atoms with Gasteiger partial charge in [-0.1, -0.05) is 24.6 Å². The summed E-state index contributed by atoms with van der Waals surface area (Å²) >= 11 is 0. The molecule has 2 atom stereocenters. The molecule has 0 aromatic heterocycles. The first-order valence-electron chi connectivity index (χ1n) is 11.9. The zero-order chi connectivity index (χ0) is 25.1. The number of carboxylic acid groups (broad SMARTS) is 1. The fourth-order valence-corrected chi connectivity index (χ4v) is 5.89. The molecule has 36 heavy (non-hydrogen) atoms. The first-order valence-corrected chi connectivity index (χ1v) is 11.9. The third-order valence-corrected chi connectivity index (χ3v) is 7.57. The van der Waals surface area contributed by atoms with Crippen LogP contribution in [0.3, 0.4) is 0 Å². The number of hydrogen-bond acceptors (Lipinski definition) is 6. The molecule has 0 radical (unpaired) electrons. The molecule has 2 unspecified atom stereocenters. The Morgan fingerprint density at radius 2 is 1.69 bits per heavy atom. The van der Waals surface area contributed by atoms with Gasteiger partial charge in [-0.05, 0) is 72.0 Å². The van der Waals surface area contributed by atoms with Crippen molar-refractivity contribution < 1.29 is 29.7 Å². The number of nitrogens with zero attached hydrogens (tertiary/aromatic N) is 1. The summed E-state index contributed by atoms with van der Waals surface area (Å²) in [6.45, 7) is -0.000502. The zero-order valence-electron chi connectivity index (χ0n) is 19.3. The van der Waals surface area contributed by atoms with Crippen molar-refractivity contribution in [2.75, 3.05) is 4.90 Å². The fourth-order valence-electron chi connectivity index (χ4n) is 5.89. The summed E-state index contributed by atoms with van der Waals surface area (Å²) in [6, 6.07) is 16.3. The lowest BCUT2D eigenvalue weighted by Gasteiger charge is -2.27. The van der Waals surface area contributed by atoms with Crippen molar-refractivity contribution in [3.8, 4) is 5.75 Å². The number of benzene rings is 3. The maximum Gasteiger partial charge on any atom is 0.339 e. The van der Waals surface area contributed by atoms with Crippen molar-refractivity contribution in [2.24, 2.45) is 0 Å². The summed E-state index contributed by atoms with van der Waals surface area (Å²) in [6.07, 6.45) is 4.81. The van der Waals surface area contributed by atoms with Crippen molar-refractivity contribution in [3.63, 3.8) is 0 Å². The van der Waals surface area contributed by atoms with E-state index >= 15 is 0 Å². The van der Waals surface area contributed by atoms with Crippen LogP contribution in [0.25, 0.3) is 6.08 Å². The summed E-state index contributed by atoms with van der Waals surface area (Å²) < 4.78 is 0. The van der Waals surface area contributed by atoms with Crippen LogP contribution in [0.1, 0.15) is 72.9 Å². The molecule has 0 saturated heterocycles. The SMILES string of the molecule is O=C(O)c1cc2c(cc1O)C(=O)C(=Cc1ccc3c(c1)C1CCCC1N3c1ccc(CO)cc1)C2=O. The number of aromatic hydroxyl groups is 1. The number of hydrogen-bond donors (Lipinski definition) is 3. The molecular weight excluding hydrogens is 458 g/mol. The maximum atomic E-state index is 13.0. The summed E-state index contributed by atoms with van der Waals surface area (Å²) in [4.78, 5) is 39.7. The molecule has 2 aliphatic carbocycles. The van der Waals surface area contributed by atoms with Crippen LogP contribution < -0.4 is 4.90 Å². The number of rotatable bonds is 4.